The summed E-state index contributed by atoms with van der Waals surface area (Å²) in [5.41, 5.74) is 4.21. The molecular weight excluding hydrogens is 641 g/mol. The fraction of sp³-hybridized carbons (Fsp3) is 0.658. The van der Waals surface area contributed by atoms with Crippen molar-refractivity contribution in [3.05, 3.63) is 41.0 Å². The van der Waals surface area contributed by atoms with Crippen molar-refractivity contribution in [2.24, 2.45) is 5.41 Å². The molecule has 11 heteroatoms. The van der Waals surface area contributed by atoms with E-state index in [9.17, 15) is 24.3 Å². The maximum absolute atomic E-state index is 13.9. The van der Waals surface area contributed by atoms with Gasteiger partial charge in [0.05, 0.1) is 28.2 Å². The molecule has 2 aromatic rings. The van der Waals surface area contributed by atoms with Crippen LogP contribution in [0.25, 0.3) is 10.4 Å². The number of carbonyl (C=O) groups excluding carboxylic acids is 3. The molecule has 0 spiro atoms. The van der Waals surface area contributed by atoms with Gasteiger partial charge < -0.3 is 25.7 Å². The topological polar surface area (TPSA) is 149 Å². The first-order valence-electron chi connectivity index (χ1n) is 18.1. The first-order chi connectivity index (χ1) is 23.3. The lowest BCUT2D eigenvalue weighted by Gasteiger charge is -2.35. The van der Waals surface area contributed by atoms with Crippen molar-refractivity contribution in [3.63, 3.8) is 0 Å². The molecule has 0 saturated carbocycles. The van der Waals surface area contributed by atoms with Crippen LogP contribution in [0.5, 0.6) is 0 Å². The van der Waals surface area contributed by atoms with Gasteiger partial charge in [0.25, 0.3) is 0 Å². The van der Waals surface area contributed by atoms with Gasteiger partial charge in [0.15, 0.2) is 0 Å². The number of benzene rings is 1. The molecule has 3 rings (SSSR count). The number of nitrogens with zero attached hydrogens (tertiary/aromatic N) is 2. The second kappa shape index (κ2) is 19.8. The van der Waals surface area contributed by atoms with E-state index in [1.165, 1.54) is 17.7 Å². The van der Waals surface area contributed by atoms with Crippen LogP contribution in [0.2, 0.25) is 0 Å². The standard InChI is InChI=1S/C38H58N4O6S/c1-26(28-19-21-29(22-20-28)34-27(2)39-25-49-34)40-36(47)31-23-30(43)24-42(31)37(48)35(38(3,4)5)41-32(44)17-15-13-11-9-7-6-8-10-12-14-16-18-33(45)46/h19-22,25-26,30-31,35,43H,6-18,23-24H2,1-5H3,(H,40,47)(H,41,44)(H,45,46)/t26-,30+,31-,35+/m0/s1. The highest BCUT2D eigenvalue weighted by molar-refractivity contribution is 7.13. The van der Waals surface area contributed by atoms with Crippen molar-refractivity contribution in [2.75, 3.05) is 6.54 Å². The number of aryl methyl sites for hydroxylation is 1. The van der Waals surface area contributed by atoms with Crippen LogP contribution < -0.4 is 10.6 Å². The minimum absolute atomic E-state index is 0.0430. The fourth-order valence-electron chi connectivity index (χ4n) is 6.40. The van der Waals surface area contributed by atoms with Crippen molar-refractivity contribution in [1.29, 1.82) is 0 Å². The highest BCUT2D eigenvalue weighted by atomic mass is 32.1. The maximum atomic E-state index is 13.9. The molecule has 1 saturated heterocycles. The number of aliphatic carboxylic acids is 1. The third-order valence-electron chi connectivity index (χ3n) is 9.35. The van der Waals surface area contributed by atoms with Gasteiger partial charge in [-0.05, 0) is 43.2 Å². The fourth-order valence-corrected chi connectivity index (χ4v) is 7.21. The number of aliphatic hydroxyl groups is 1. The third-order valence-corrected chi connectivity index (χ3v) is 10.3. The first kappa shape index (κ1) is 40.1. The Labute approximate surface area is 296 Å². The van der Waals surface area contributed by atoms with Gasteiger partial charge in [-0.1, -0.05) is 103 Å². The molecule has 272 valence electrons. The largest absolute Gasteiger partial charge is 0.481 e. The molecule has 0 unspecified atom stereocenters. The summed E-state index contributed by atoms with van der Waals surface area (Å²) in [6.45, 7) is 9.61. The SMILES string of the molecule is Cc1ncsc1-c1ccc([C@H](C)NC(=O)[C@@H]2C[C@@H](O)CN2C(=O)[C@@H](NC(=O)CCCCCCCCCCCCCC(=O)O)C(C)(C)C)cc1. The molecular formula is C38H58N4O6S. The van der Waals surface area contributed by atoms with Crippen LogP contribution in [0.15, 0.2) is 29.8 Å². The van der Waals surface area contributed by atoms with Crippen molar-refractivity contribution >= 4 is 35.0 Å². The lowest BCUT2D eigenvalue weighted by atomic mass is 9.85. The van der Waals surface area contributed by atoms with Crippen molar-refractivity contribution < 1.29 is 29.4 Å². The van der Waals surface area contributed by atoms with E-state index in [0.29, 0.717) is 6.42 Å². The highest BCUT2D eigenvalue weighted by Crippen LogP contribution is 2.29. The number of unbranched alkanes of at least 4 members (excludes halogenated alkanes) is 10. The lowest BCUT2D eigenvalue weighted by Crippen LogP contribution is -2.57. The van der Waals surface area contributed by atoms with Crippen LogP contribution in [0, 0.1) is 12.3 Å². The molecule has 0 radical (unpaired) electrons. The molecule has 1 fully saturated rings. The van der Waals surface area contributed by atoms with E-state index in [2.05, 4.69) is 15.6 Å². The Morgan fingerprint density at radius 1 is 0.898 bits per heavy atom. The Hall–Kier alpha value is -3.31. The summed E-state index contributed by atoms with van der Waals surface area (Å²) in [5.74, 6) is -1.57. The first-order valence-corrected chi connectivity index (χ1v) is 19.0. The summed E-state index contributed by atoms with van der Waals surface area (Å²) in [6.07, 6.45) is 11.3. The number of amides is 3. The summed E-state index contributed by atoms with van der Waals surface area (Å²) in [5, 5.41) is 25.2. The molecule has 49 heavy (non-hydrogen) atoms. The Bertz CT molecular complexity index is 1350. The van der Waals surface area contributed by atoms with E-state index in [0.717, 1.165) is 79.5 Å². The molecule has 4 N–H and O–H groups in total. The monoisotopic (exact) mass is 698 g/mol. The van der Waals surface area contributed by atoms with Crippen molar-refractivity contribution in [1.82, 2.24) is 20.5 Å². The summed E-state index contributed by atoms with van der Waals surface area (Å²) < 4.78 is 0. The Balaban J connectivity index is 1.44. The molecule has 0 aliphatic carbocycles. The van der Waals surface area contributed by atoms with Crippen molar-refractivity contribution in [2.45, 2.75) is 149 Å². The van der Waals surface area contributed by atoms with E-state index in [4.69, 9.17) is 5.11 Å². The smallest absolute Gasteiger partial charge is 0.303 e. The molecule has 1 aliphatic rings. The van der Waals surface area contributed by atoms with E-state index < -0.39 is 29.6 Å². The Morgan fingerprint density at radius 3 is 1.96 bits per heavy atom. The van der Waals surface area contributed by atoms with Crippen LogP contribution in [0.4, 0.5) is 0 Å². The number of rotatable bonds is 20. The average molecular weight is 699 g/mol. The number of carboxylic acid groups (broad SMARTS) is 1. The molecule has 3 amide bonds. The van der Waals surface area contributed by atoms with E-state index in [-0.39, 0.29) is 43.1 Å². The third kappa shape index (κ3) is 13.2. The number of thiazole rings is 1. The summed E-state index contributed by atoms with van der Waals surface area (Å²) in [4.78, 5) is 57.9. The molecule has 1 aliphatic heterocycles. The zero-order valence-corrected chi connectivity index (χ0v) is 30.9. The molecule has 1 aromatic heterocycles. The number of carboxylic acids is 1. The van der Waals surface area contributed by atoms with Crippen LogP contribution >= 0.6 is 11.3 Å². The lowest BCUT2D eigenvalue weighted by molar-refractivity contribution is -0.144. The highest BCUT2D eigenvalue weighted by Gasteiger charge is 2.44. The number of aromatic nitrogens is 1. The summed E-state index contributed by atoms with van der Waals surface area (Å²) >= 11 is 1.59. The minimum Gasteiger partial charge on any atom is -0.481 e. The van der Waals surface area contributed by atoms with E-state index in [1.807, 2.05) is 64.4 Å². The van der Waals surface area contributed by atoms with Gasteiger partial charge >= 0.3 is 5.97 Å². The zero-order valence-electron chi connectivity index (χ0n) is 30.1. The average Bonchev–Trinajstić information content (AvgIpc) is 3.66. The molecule has 1 aromatic carbocycles. The minimum atomic E-state index is -0.831. The van der Waals surface area contributed by atoms with E-state index >= 15 is 0 Å². The van der Waals surface area contributed by atoms with Gasteiger partial charge in [-0.2, -0.15) is 0 Å². The number of nitrogens with one attached hydrogen (secondary N) is 2. The van der Waals surface area contributed by atoms with Crippen LogP contribution in [0.1, 0.15) is 135 Å². The van der Waals surface area contributed by atoms with Crippen molar-refractivity contribution in [3.8, 4) is 10.4 Å². The predicted octanol–water partition coefficient (Wildman–Crippen LogP) is 6.94. The number of likely N-dealkylation sites (tertiary alicyclic amines) is 1. The molecule has 0 bridgehead atoms. The van der Waals surface area contributed by atoms with Gasteiger partial charge in [-0.3, -0.25) is 19.2 Å². The van der Waals surface area contributed by atoms with Crippen LogP contribution in [0.3, 0.4) is 0 Å². The van der Waals surface area contributed by atoms with Gasteiger partial charge in [-0.15, -0.1) is 11.3 Å². The predicted molar refractivity (Wildman–Crippen MR) is 194 cm³/mol. The zero-order chi connectivity index (χ0) is 36.0. The molecule has 10 nitrogen and oxygen atoms in total. The quantitative estimate of drug-likeness (QED) is 0.109. The van der Waals surface area contributed by atoms with Crippen LogP contribution in [-0.2, 0) is 19.2 Å². The number of carbonyl (C=O) groups is 4. The van der Waals surface area contributed by atoms with Gasteiger partial charge in [-0.25, -0.2) is 4.98 Å². The molecule has 4 atom stereocenters. The Kier molecular flexibility index (Phi) is 16.2. The summed E-state index contributed by atoms with van der Waals surface area (Å²) in [6, 6.07) is 6.03. The number of hydrogen-bond acceptors (Lipinski definition) is 7. The summed E-state index contributed by atoms with van der Waals surface area (Å²) in [7, 11) is 0. The second-order valence-electron chi connectivity index (χ2n) is 14.7. The second-order valence-corrected chi connectivity index (χ2v) is 15.5. The van der Waals surface area contributed by atoms with Gasteiger partial charge in [0.2, 0.25) is 17.7 Å². The van der Waals surface area contributed by atoms with E-state index in [1.54, 1.807) is 11.3 Å². The van der Waals surface area contributed by atoms with Gasteiger partial charge in [0.1, 0.15) is 12.1 Å². The number of aliphatic hydroxyl groups excluding tert-OH is 1. The van der Waals surface area contributed by atoms with Gasteiger partial charge in [0, 0.05) is 25.8 Å². The normalized spacial score (nSPS) is 17.5. The Morgan fingerprint density at radius 2 is 1.45 bits per heavy atom. The van der Waals surface area contributed by atoms with Crippen LogP contribution in [-0.4, -0.2) is 68.5 Å². The number of β-amino-alcohol motifs (C(OH)–C–C–N with tert-alkyl or cyclic N) is 1. The number of hydrogen-bond donors (Lipinski definition) is 4. The molecule has 2 heterocycles. The maximum Gasteiger partial charge on any atom is 0.303 e.